The van der Waals surface area contributed by atoms with Crippen LogP contribution in [0.4, 0.5) is 0 Å². The second kappa shape index (κ2) is 7.75. The summed E-state index contributed by atoms with van der Waals surface area (Å²) in [6, 6.07) is 9.07. The lowest BCUT2D eigenvalue weighted by atomic mass is 10.0. The fourth-order valence-corrected chi connectivity index (χ4v) is 3.50. The van der Waals surface area contributed by atoms with Gasteiger partial charge in [-0.1, -0.05) is 26.0 Å². The molecule has 1 aromatic carbocycles. The molecule has 1 aromatic heterocycles. The Balaban J connectivity index is 1.87. The number of nitrogens with one attached hydrogen (secondary N) is 1. The van der Waals surface area contributed by atoms with Crippen molar-refractivity contribution in [2.45, 2.75) is 45.1 Å². The fourth-order valence-electron chi connectivity index (χ4n) is 2.43. The third kappa shape index (κ3) is 5.18. The molecule has 0 radical (unpaired) electrons. The number of aromatic nitrogens is 2. The highest BCUT2D eigenvalue weighted by Crippen LogP contribution is 2.13. The minimum Gasteiger partial charge on any atom is -0.270 e. The average Bonchev–Trinajstić information content (AvgIpc) is 2.89. The standard InChI is InChI=1S/C17H25N3O2S/c1-14(2)13-16-5-7-17(8-6-16)23(21,22)19-10-4-12-20-15(3)9-11-18-20/h5-9,11,14,19H,4,10,12-13H2,1-3H3. The zero-order valence-electron chi connectivity index (χ0n) is 14.0. The predicted molar refractivity (Wildman–Crippen MR) is 91.8 cm³/mol. The number of hydrogen-bond acceptors (Lipinski definition) is 3. The fraction of sp³-hybridized carbons (Fsp3) is 0.471. The number of nitrogens with zero attached hydrogens (tertiary/aromatic N) is 2. The van der Waals surface area contributed by atoms with Crippen molar-refractivity contribution < 1.29 is 8.42 Å². The van der Waals surface area contributed by atoms with Crippen molar-refractivity contribution in [3.63, 3.8) is 0 Å². The molecule has 0 saturated carbocycles. The maximum atomic E-state index is 12.3. The summed E-state index contributed by atoms with van der Waals surface area (Å²) in [5, 5.41) is 4.18. The second-order valence-electron chi connectivity index (χ2n) is 6.19. The van der Waals surface area contributed by atoms with Gasteiger partial charge in [-0.3, -0.25) is 4.68 Å². The van der Waals surface area contributed by atoms with E-state index >= 15 is 0 Å². The summed E-state index contributed by atoms with van der Waals surface area (Å²) in [5.41, 5.74) is 2.24. The first kappa shape index (κ1) is 17.7. The molecule has 0 aliphatic carbocycles. The third-order valence-corrected chi connectivity index (χ3v) is 5.12. The van der Waals surface area contributed by atoms with Gasteiger partial charge in [0.15, 0.2) is 0 Å². The van der Waals surface area contributed by atoms with Crippen LogP contribution in [0, 0.1) is 12.8 Å². The number of sulfonamides is 1. The van der Waals surface area contributed by atoms with Gasteiger partial charge in [0.25, 0.3) is 0 Å². The smallest absolute Gasteiger partial charge is 0.240 e. The van der Waals surface area contributed by atoms with E-state index in [1.807, 2.05) is 29.8 Å². The molecule has 0 saturated heterocycles. The van der Waals surface area contributed by atoms with Gasteiger partial charge < -0.3 is 0 Å². The lowest BCUT2D eigenvalue weighted by Gasteiger charge is -2.09. The molecule has 23 heavy (non-hydrogen) atoms. The first-order valence-electron chi connectivity index (χ1n) is 7.95. The van der Waals surface area contributed by atoms with Gasteiger partial charge in [0, 0.05) is 25.0 Å². The minimum atomic E-state index is -3.44. The van der Waals surface area contributed by atoms with Crippen LogP contribution in [0.3, 0.4) is 0 Å². The Hall–Kier alpha value is -1.66. The van der Waals surface area contributed by atoms with Crippen LogP contribution >= 0.6 is 0 Å². The average molecular weight is 335 g/mol. The molecule has 1 N–H and O–H groups in total. The van der Waals surface area contributed by atoms with Crippen LogP contribution in [-0.2, 0) is 23.0 Å². The summed E-state index contributed by atoms with van der Waals surface area (Å²) in [6.07, 6.45) is 3.41. The summed E-state index contributed by atoms with van der Waals surface area (Å²) in [4.78, 5) is 0.320. The molecule has 0 aliphatic heterocycles. The zero-order valence-corrected chi connectivity index (χ0v) is 14.8. The van der Waals surface area contributed by atoms with Crippen LogP contribution < -0.4 is 4.72 Å². The molecule has 0 spiro atoms. The van der Waals surface area contributed by atoms with Crippen LogP contribution in [0.25, 0.3) is 0 Å². The lowest BCUT2D eigenvalue weighted by molar-refractivity contribution is 0.546. The van der Waals surface area contributed by atoms with Gasteiger partial charge in [0.2, 0.25) is 10.0 Å². The van der Waals surface area contributed by atoms with Crippen molar-refractivity contribution in [3.8, 4) is 0 Å². The number of aryl methyl sites for hydroxylation is 2. The Morgan fingerprint density at radius 1 is 1.17 bits per heavy atom. The van der Waals surface area contributed by atoms with Gasteiger partial charge in [-0.15, -0.1) is 0 Å². The molecule has 1 heterocycles. The Kier molecular flexibility index (Phi) is 5.96. The van der Waals surface area contributed by atoms with Gasteiger partial charge >= 0.3 is 0 Å². The lowest BCUT2D eigenvalue weighted by Crippen LogP contribution is -2.25. The van der Waals surface area contributed by atoms with E-state index in [2.05, 4.69) is 23.7 Å². The number of hydrogen-bond donors (Lipinski definition) is 1. The highest BCUT2D eigenvalue weighted by atomic mass is 32.2. The minimum absolute atomic E-state index is 0.320. The van der Waals surface area contributed by atoms with Crippen molar-refractivity contribution in [3.05, 3.63) is 47.8 Å². The van der Waals surface area contributed by atoms with Gasteiger partial charge in [-0.2, -0.15) is 5.10 Å². The summed E-state index contributed by atoms with van der Waals surface area (Å²) < 4.78 is 29.0. The Morgan fingerprint density at radius 3 is 2.43 bits per heavy atom. The topological polar surface area (TPSA) is 64.0 Å². The van der Waals surface area contributed by atoms with Crippen LogP contribution in [0.5, 0.6) is 0 Å². The van der Waals surface area contributed by atoms with Crippen LogP contribution in [-0.4, -0.2) is 24.7 Å². The molecule has 2 aromatic rings. The first-order valence-corrected chi connectivity index (χ1v) is 9.44. The third-order valence-electron chi connectivity index (χ3n) is 3.65. The van der Waals surface area contributed by atoms with Gasteiger partial charge in [-0.25, -0.2) is 13.1 Å². The predicted octanol–water partition coefficient (Wildman–Crippen LogP) is 2.76. The van der Waals surface area contributed by atoms with Gasteiger partial charge in [-0.05, 0) is 49.4 Å². The van der Waals surface area contributed by atoms with Crippen LogP contribution in [0.2, 0.25) is 0 Å². The van der Waals surface area contributed by atoms with E-state index in [1.165, 1.54) is 0 Å². The highest BCUT2D eigenvalue weighted by Gasteiger charge is 2.13. The first-order chi connectivity index (χ1) is 10.9. The second-order valence-corrected chi connectivity index (χ2v) is 7.96. The van der Waals surface area contributed by atoms with E-state index < -0.39 is 10.0 Å². The Bertz CT molecular complexity index is 719. The molecule has 126 valence electrons. The molecule has 0 unspecified atom stereocenters. The maximum absolute atomic E-state index is 12.3. The van der Waals surface area contributed by atoms with Crippen LogP contribution in [0.1, 0.15) is 31.5 Å². The molecule has 0 atom stereocenters. The van der Waals surface area contributed by atoms with E-state index in [0.29, 0.717) is 30.3 Å². The van der Waals surface area contributed by atoms with Crippen molar-refractivity contribution >= 4 is 10.0 Å². The van der Waals surface area contributed by atoms with Gasteiger partial charge in [0.05, 0.1) is 4.90 Å². The van der Waals surface area contributed by atoms with E-state index in [1.54, 1.807) is 18.3 Å². The van der Waals surface area contributed by atoms with Crippen molar-refractivity contribution in [2.24, 2.45) is 5.92 Å². The molecule has 0 fully saturated rings. The van der Waals surface area contributed by atoms with E-state index in [-0.39, 0.29) is 0 Å². The molecule has 0 aliphatic rings. The molecular weight excluding hydrogens is 310 g/mol. The van der Waals surface area contributed by atoms with E-state index in [9.17, 15) is 8.42 Å². The molecule has 2 rings (SSSR count). The summed E-state index contributed by atoms with van der Waals surface area (Å²) in [7, 11) is -3.44. The number of benzene rings is 1. The van der Waals surface area contributed by atoms with Gasteiger partial charge in [0.1, 0.15) is 0 Å². The molecule has 5 nitrogen and oxygen atoms in total. The zero-order chi connectivity index (χ0) is 16.9. The van der Waals surface area contributed by atoms with E-state index in [4.69, 9.17) is 0 Å². The van der Waals surface area contributed by atoms with E-state index in [0.717, 1.165) is 17.7 Å². The maximum Gasteiger partial charge on any atom is 0.240 e. The molecule has 0 amide bonds. The quantitative estimate of drug-likeness (QED) is 0.755. The normalized spacial score (nSPS) is 12.0. The summed E-state index contributed by atoms with van der Waals surface area (Å²) >= 11 is 0. The van der Waals surface area contributed by atoms with Crippen LogP contribution in [0.15, 0.2) is 41.4 Å². The molecule has 6 heteroatoms. The van der Waals surface area contributed by atoms with Crippen molar-refractivity contribution in [2.75, 3.05) is 6.54 Å². The molecule has 0 bridgehead atoms. The highest BCUT2D eigenvalue weighted by molar-refractivity contribution is 7.89. The Morgan fingerprint density at radius 2 is 1.87 bits per heavy atom. The molecular formula is C17H25N3O2S. The Labute approximate surface area is 138 Å². The summed E-state index contributed by atoms with van der Waals surface area (Å²) in [6.45, 7) is 7.38. The summed E-state index contributed by atoms with van der Waals surface area (Å²) in [5.74, 6) is 0.557. The number of rotatable bonds is 8. The largest absolute Gasteiger partial charge is 0.270 e. The SMILES string of the molecule is Cc1ccnn1CCCNS(=O)(=O)c1ccc(CC(C)C)cc1. The van der Waals surface area contributed by atoms with Crippen molar-refractivity contribution in [1.29, 1.82) is 0 Å². The van der Waals surface area contributed by atoms with Crippen molar-refractivity contribution in [1.82, 2.24) is 14.5 Å². The monoisotopic (exact) mass is 335 g/mol.